The molecule has 0 N–H and O–H groups in total. The Hall–Kier alpha value is -7.78. The predicted molar refractivity (Wildman–Crippen MR) is 270 cm³/mol. The van der Waals surface area contributed by atoms with E-state index in [1.807, 2.05) is 11.3 Å². The van der Waals surface area contributed by atoms with Crippen molar-refractivity contribution in [1.29, 1.82) is 0 Å². The minimum Gasteiger partial charge on any atom is -0.310 e. The summed E-state index contributed by atoms with van der Waals surface area (Å²) in [5, 5.41) is 14.9. The first-order chi connectivity index (χ1) is 30.8. The monoisotopic (exact) mass is 805 g/mol. The molecular formula is C60H39NS. The molecule has 0 aliphatic carbocycles. The summed E-state index contributed by atoms with van der Waals surface area (Å²) in [6.45, 7) is 0. The van der Waals surface area contributed by atoms with Gasteiger partial charge < -0.3 is 4.90 Å². The predicted octanol–water partition coefficient (Wildman–Crippen LogP) is 17.7. The summed E-state index contributed by atoms with van der Waals surface area (Å²) in [5.74, 6) is 0. The summed E-state index contributed by atoms with van der Waals surface area (Å²) < 4.78 is 2.62. The van der Waals surface area contributed by atoms with E-state index in [1.165, 1.54) is 96.3 Å². The SMILES string of the molecule is c1ccc(-c2ccc(-c3ccc(N(c4ccccc4)c4ccc5c(c4)c4ccccc4c4ccccc4c4ccccc4c4c5ccc5c6ccccc6sc54)cc3)cc2)cc1. The van der Waals surface area contributed by atoms with Crippen LogP contribution in [0.1, 0.15) is 0 Å². The fourth-order valence-electron chi connectivity index (χ4n) is 9.56. The van der Waals surface area contributed by atoms with Crippen LogP contribution in [-0.4, -0.2) is 0 Å². The maximum absolute atomic E-state index is 2.42. The Morgan fingerprint density at radius 2 is 0.613 bits per heavy atom. The zero-order valence-electron chi connectivity index (χ0n) is 33.9. The molecule has 0 bridgehead atoms. The van der Waals surface area contributed by atoms with Gasteiger partial charge in [-0.3, -0.25) is 0 Å². The zero-order valence-corrected chi connectivity index (χ0v) is 34.7. The van der Waals surface area contributed by atoms with Gasteiger partial charge in [0.25, 0.3) is 0 Å². The van der Waals surface area contributed by atoms with Crippen LogP contribution in [0.2, 0.25) is 0 Å². The van der Waals surface area contributed by atoms with Crippen LogP contribution in [0, 0.1) is 0 Å². The van der Waals surface area contributed by atoms with Gasteiger partial charge in [0.2, 0.25) is 0 Å². The average Bonchev–Trinajstić information content (AvgIpc) is 3.73. The maximum atomic E-state index is 2.42. The van der Waals surface area contributed by atoms with E-state index in [0.29, 0.717) is 0 Å². The van der Waals surface area contributed by atoms with Crippen molar-refractivity contribution in [2.75, 3.05) is 4.90 Å². The molecule has 12 aromatic rings. The number of fused-ring (bicyclic) bond motifs is 14. The van der Waals surface area contributed by atoms with Crippen molar-refractivity contribution in [1.82, 2.24) is 0 Å². The van der Waals surface area contributed by atoms with Crippen molar-refractivity contribution < 1.29 is 0 Å². The molecule has 0 fully saturated rings. The Balaban J connectivity index is 1.14. The van der Waals surface area contributed by atoms with E-state index >= 15 is 0 Å². The summed E-state index contributed by atoms with van der Waals surface area (Å²) in [6, 6.07) is 86.9. The minimum atomic E-state index is 1.10. The molecule has 11 aromatic carbocycles. The fourth-order valence-corrected chi connectivity index (χ4v) is 10.8. The zero-order chi connectivity index (χ0) is 41.0. The first-order valence-corrected chi connectivity index (χ1v) is 22.1. The third kappa shape index (κ3) is 6.07. The van der Waals surface area contributed by atoms with Gasteiger partial charge in [-0.2, -0.15) is 0 Å². The van der Waals surface area contributed by atoms with Crippen LogP contribution in [0.15, 0.2) is 237 Å². The topological polar surface area (TPSA) is 3.24 Å². The number of anilines is 3. The number of thiophene rings is 1. The highest BCUT2D eigenvalue weighted by Gasteiger charge is 2.17. The quantitative estimate of drug-likeness (QED) is 0.167. The minimum absolute atomic E-state index is 1.10. The van der Waals surface area contributed by atoms with E-state index in [2.05, 4.69) is 241 Å². The smallest absolute Gasteiger partial charge is 0.0468 e. The molecular weight excluding hydrogens is 767 g/mol. The van der Waals surface area contributed by atoms with Gasteiger partial charge in [-0.15, -0.1) is 11.3 Å². The van der Waals surface area contributed by atoms with E-state index < -0.39 is 0 Å². The van der Waals surface area contributed by atoms with Crippen LogP contribution in [0.4, 0.5) is 17.1 Å². The fraction of sp³-hybridized carbons (Fsp3) is 0. The first kappa shape index (κ1) is 36.1. The molecule has 2 heteroatoms. The number of hydrogen-bond acceptors (Lipinski definition) is 2. The van der Waals surface area contributed by atoms with Gasteiger partial charge in [0.05, 0.1) is 0 Å². The molecule has 62 heavy (non-hydrogen) atoms. The van der Waals surface area contributed by atoms with Crippen molar-refractivity contribution in [3.05, 3.63) is 237 Å². The standard InChI is InChI=1S/C60H39NS/c1-3-15-40(16-4-1)41-27-29-42(30-28-41)43-31-33-45(34-32-43)61(44-17-5-2-6-18-44)46-35-36-52-55-37-38-56-53-24-13-14-26-58(53)62-60(56)59(55)54-25-12-11-22-50(54)48-20-8-7-19-47(48)49-21-9-10-23-51(49)57(52)39-46/h1-39H. The van der Waals surface area contributed by atoms with Gasteiger partial charge in [-0.1, -0.05) is 194 Å². The van der Waals surface area contributed by atoms with Crippen LogP contribution in [-0.2, 0) is 0 Å². The molecule has 0 spiro atoms. The lowest BCUT2D eigenvalue weighted by atomic mass is 9.93. The Kier molecular flexibility index (Phi) is 8.76. The van der Waals surface area contributed by atoms with E-state index in [1.54, 1.807) is 0 Å². The number of benzene rings is 10. The van der Waals surface area contributed by atoms with Gasteiger partial charge in [0.15, 0.2) is 0 Å². The molecule has 290 valence electrons. The van der Waals surface area contributed by atoms with Gasteiger partial charge >= 0.3 is 0 Å². The summed E-state index contributed by atoms with van der Waals surface area (Å²) in [4.78, 5) is 2.39. The highest BCUT2D eigenvalue weighted by Crippen LogP contribution is 2.45. The van der Waals surface area contributed by atoms with Crippen molar-refractivity contribution in [2.45, 2.75) is 0 Å². The maximum Gasteiger partial charge on any atom is 0.0468 e. The van der Waals surface area contributed by atoms with Gasteiger partial charge in [-0.25, -0.2) is 0 Å². The largest absolute Gasteiger partial charge is 0.310 e. The number of rotatable bonds is 5. The lowest BCUT2D eigenvalue weighted by molar-refractivity contribution is 1.29. The molecule has 12 rings (SSSR count). The van der Waals surface area contributed by atoms with Gasteiger partial charge in [-0.05, 0) is 113 Å². The Bertz CT molecular complexity index is 3720. The molecule has 1 nitrogen and oxygen atoms in total. The van der Waals surface area contributed by atoms with Gasteiger partial charge in [0, 0.05) is 42.6 Å². The molecule has 0 unspecified atom stereocenters. The van der Waals surface area contributed by atoms with Crippen molar-refractivity contribution in [3.8, 4) is 22.3 Å². The average molecular weight is 806 g/mol. The van der Waals surface area contributed by atoms with Crippen molar-refractivity contribution in [2.24, 2.45) is 0 Å². The van der Waals surface area contributed by atoms with E-state index in [0.717, 1.165) is 17.1 Å². The Morgan fingerprint density at radius 3 is 1.23 bits per heavy atom. The van der Waals surface area contributed by atoms with Crippen LogP contribution in [0.5, 0.6) is 0 Å². The third-order valence-electron chi connectivity index (χ3n) is 12.5. The summed E-state index contributed by atoms with van der Waals surface area (Å²) in [6.07, 6.45) is 0. The van der Waals surface area contributed by atoms with Crippen LogP contribution < -0.4 is 4.90 Å². The molecule has 0 saturated heterocycles. The lowest BCUT2D eigenvalue weighted by Crippen LogP contribution is -2.09. The van der Waals surface area contributed by atoms with Crippen molar-refractivity contribution in [3.63, 3.8) is 0 Å². The van der Waals surface area contributed by atoms with E-state index in [-0.39, 0.29) is 0 Å². The van der Waals surface area contributed by atoms with Crippen LogP contribution >= 0.6 is 11.3 Å². The second-order valence-electron chi connectivity index (χ2n) is 16.0. The molecule has 0 saturated carbocycles. The molecule has 0 radical (unpaired) electrons. The molecule has 0 atom stereocenters. The molecule has 1 aromatic heterocycles. The van der Waals surface area contributed by atoms with Crippen molar-refractivity contribution >= 4 is 102 Å². The molecule has 0 amide bonds. The Morgan fingerprint density at radius 1 is 0.242 bits per heavy atom. The highest BCUT2D eigenvalue weighted by atomic mass is 32.1. The Labute approximate surface area is 364 Å². The normalized spacial score (nSPS) is 11.5. The third-order valence-corrected chi connectivity index (χ3v) is 13.7. The second-order valence-corrected chi connectivity index (χ2v) is 17.0. The number of para-hydroxylation sites is 1. The first-order valence-electron chi connectivity index (χ1n) is 21.3. The lowest BCUT2D eigenvalue weighted by Gasteiger charge is -2.26. The van der Waals surface area contributed by atoms with Gasteiger partial charge in [0.1, 0.15) is 0 Å². The summed E-state index contributed by atoms with van der Waals surface area (Å²) in [7, 11) is 0. The molecule has 1 heterocycles. The van der Waals surface area contributed by atoms with Crippen LogP contribution in [0.25, 0.3) is 96.3 Å². The number of hydrogen-bond donors (Lipinski definition) is 0. The molecule has 0 aliphatic rings. The van der Waals surface area contributed by atoms with Crippen LogP contribution in [0.3, 0.4) is 0 Å². The number of nitrogens with zero attached hydrogens (tertiary/aromatic N) is 1. The van der Waals surface area contributed by atoms with E-state index in [4.69, 9.17) is 0 Å². The highest BCUT2D eigenvalue weighted by molar-refractivity contribution is 7.26. The summed E-state index contributed by atoms with van der Waals surface area (Å²) >= 11 is 1.90. The second kappa shape index (κ2) is 15.0. The van der Waals surface area contributed by atoms with E-state index in [9.17, 15) is 0 Å². The summed E-state index contributed by atoms with van der Waals surface area (Å²) in [5.41, 5.74) is 8.12. The molecule has 0 aliphatic heterocycles.